The SMILES string of the molecule is Cn1c(CNc2ccc(C#N)nn2)cc(Cl)c1Cl. The quantitative estimate of drug-likeness (QED) is 0.939. The van der Waals surface area contributed by atoms with Gasteiger partial charge in [-0.2, -0.15) is 5.26 Å². The summed E-state index contributed by atoms with van der Waals surface area (Å²) in [5.41, 5.74) is 1.21. The van der Waals surface area contributed by atoms with Crippen LogP contribution in [0.25, 0.3) is 0 Å². The maximum atomic E-state index is 8.60. The van der Waals surface area contributed by atoms with Crippen molar-refractivity contribution in [2.24, 2.45) is 7.05 Å². The van der Waals surface area contributed by atoms with Crippen molar-refractivity contribution in [1.29, 1.82) is 5.26 Å². The summed E-state index contributed by atoms with van der Waals surface area (Å²) < 4.78 is 1.79. The molecule has 0 aliphatic heterocycles. The van der Waals surface area contributed by atoms with Gasteiger partial charge in [-0.3, -0.25) is 0 Å². The van der Waals surface area contributed by atoms with Crippen LogP contribution in [0.2, 0.25) is 10.2 Å². The predicted molar refractivity (Wildman–Crippen MR) is 69.5 cm³/mol. The smallest absolute Gasteiger partial charge is 0.163 e. The lowest BCUT2D eigenvalue weighted by atomic mass is 10.4. The van der Waals surface area contributed by atoms with E-state index in [1.165, 1.54) is 0 Å². The topological polar surface area (TPSA) is 66.5 Å². The highest BCUT2D eigenvalue weighted by Gasteiger charge is 2.08. The predicted octanol–water partition coefficient (Wildman–Crippen LogP) is 2.61. The summed E-state index contributed by atoms with van der Waals surface area (Å²) >= 11 is 11.9. The molecule has 7 heteroatoms. The van der Waals surface area contributed by atoms with Crippen LogP contribution in [0.3, 0.4) is 0 Å². The normalized spacial score (nSPS) is 10.1. The molecule has 92 valence electrons. The van der Waals surface area contributed by atoms with Crippen molar-refractivity contribution < 1.29 is 0 Å². The van der Waals surface area contributed by atoms with Crippen molar-refractivity contribution in [1.82, 2.24) is 14.8 Å². The van der Waals surface area contributed by atoms with Crippen LogP contribution in [0, 0.1) is 11.3 Å². The van der Waals surface area contributed by atoms with E-state index in [9.17, 15) is 0 Å². The minimum Gasteiger partial charge on any atom is -0.363 e. The number of anilines is 1. The van der Waals surface area contributed by atoms with Crippen LogP contribution in [0.5, 0.6) is 0 Å². The average molecular weight is 282 g/mol. The Morgan fingerprint density at radius 3 is 2.67 bits per heavy atom. The first-order valence-corrected chi connectivity index (χ1v) is 5.84. The Hall–Kier alpha value is -1.77. The summed E-state index contributed by atoms with van der Waals surface area (Å²) in [5, 5.41) is 20.3. The van der Waals surface area contributed by atoms with E-state index >= 15 is 0 Å². The minimum atomic E-state index is 0.283. The van der Waals surface area contributed by atoms with Gasteiger partial charge in [0.2, 0.25) is 0 Å². The number of nitrogens with zero attached hydrogens (tertiary/aromatic N) is 4. The third-order valence-electron chi connectivity index (χ3n) is 2.45. The van der Waals surface area contributed by atoms with Crippen molar-refractivity contribution in [2.75, 3.05) is 5.32 Å². The molecule has 0 unspecified atom stereocenters. The van der Waals surface area contributed by atoms with Gasteiger partial charge in [0.15, 0.2) is 5.69 Å². The molecule has 2 heterocycles. The van der Waals surface area contributed by atoms with Crippen LogP contribution in [0.15, 0.2) is 18.2 Å². The first-order valence-electron chi connectivity index (χ1n) is 5.09. The van der Waals surface area contributed by atoms with Gasteiger partial charge < -0.3 is 9.88 Å². The summed E-state index contributed by atoms with van der Waals surface area (Å²) in [6, 6.07) is 6.98. The molecule has 0 bridgehead atoms. The van der Waals surface area contributed by atoms with Gasteiger partial charge in [0, 0.05) is 12.7 Å². The molecule has 0 amide bonds. The van der Waals surface area contributed by atoms with Crippen molar-refractivity contribution in [3.63, 3.8) is 0 Å². The molecule has 0 aliphatic carbocycles. The number of aromatic nitrogens is 3. The first kappa shape index (κ1) is 12.7. The molecule has 2 aromatic heterocycles. The molecule has 2 aromatic rings. The monoisotopic (exact) mass is 281 g/mol. The molecule has 0 aromatic carbocycles. The zero-order chi connectivity index (χ0) is 13.1. The average Bonchev–Trinajstić information content (AvgIpc) is 2.64. The van der Waals surface area contributed by atoms with Gasteiger partial charge in [-0.25, -0.2) is 0 Å². The third kappa shape index (κ3) is 2.55. The molecular formula is C11H9Cl2N5. The summed E-state index contributed by atoms with van der Waals surface area (Å²) in [6.07, 6.45) is 0. The van der Waals surface area contributed by atoms with Gasteiger partial charge in [-0.1, -0.05) is 23.2 Å². The van der Waals surface area contributed by atoms with Crippen LogP contribution in [-0.4, -0.2) is 14.8 Å². The van der Waals surface area contributed by atoms with E-state index in [1.54, 1.807) is 22.8 Å². The lowest BCUT2D eigenvalue weighted by Gasteiger charge is -2.06. The lowest BCUT2D eigenvalue weighted by Crippen LogP contribution is -2.06. The van der Waals surface area contributed by atoms with Gasteiger partial charge in [-0.15, -0.1) is 10.2 Å². The Balaban J connectivity index is 2.07. The summed E-state index contributed by atoms with van der Waals surface area (Å²) in [4.78, 5) is 0. The van der Waals surface area contributed by atoms with Crippen LogP contribution in [0.4, 0.5) is 5.82 Å². The zero-order valence-corrected chi connectivity index (χ0v) is 11.0. The van der Waals surface area contributed by atoms with E-state index in [2.05, 4.69) is 15.5 Å². The van der Waals surface area contributed by atoms with E-state index in [1.807, 2.05) is 13.1 Å². The van der Waals surface area contributed by atoms with Crippen molar-refractivity contribution in [3.05, 3.63) is 39.8 Å². The van der Waals surface area contributed by atoms with Crippen LogP contribution < -0.4 is 5.32 Å². The van der Waals surface area contributed by atoms with Gasteiger partial charge >= 0.3 is 0 Å². The largest absolute Gasteiger partial charge is 0.363 e. The van der Waals surface area contributed by atoms with Crippen LogP contribution >= 0.6 is 23.2 Å². The Morgan fingerprint density at radius 2 is 2.17 bits per heavy atom. The fraction of sp³-hybridized carbons (Fsp3) is 0.182. The standard InChI is InChI=1S/C11H9Cl2N5/c1-18-8(4-9(12)11(18)13)6-15-10-3-2-7(5-14)16-17-10/h2-4H,6H2,1H3,(H,15,17). The molecular weight excluding hydrogens is 273 g/mol. The third-order valence-corrected chi connectivity index (χ3v) is 3.29. The molecule has 1 N–H and O–H groups in total. The van der Waals surface area contributed by atoms with Crippen molar-refractivity contribution >= 4 is 29.0 Å². The van der Waals surface area contributed by atoms with E-state index in [-0.39, 0.29) is 5.69 Å². The fourth-order valence-electron chi connectivity index (χ4n) is 1.43. The minimum absolute atomic E-state index is 0.283. The maximum Gasteiger partial charge on any atom is 0.163 e. The Labute approximate surface area is 114 Å². The Kier molecular flexibility index (Phi) is 3.70. The van der Waals surface area contributed by atoms with Crippen molar-refractivity contribution in [3.8, 4) is 6.07 Å². The van der Waals surface area contributed by atoms with Gasteiger partial charge in [0.1, 0.15) is 17.0 Å². The highest BCUT2D eigenvalue weighted by Crippen LogP contribution is 2.25. The lowest BCUT2D eigenvalue weighted by molar-refractivity contribution is 0.838. The Bertz CT molecular complexity index is 597. The van der Waals surface area contributed by atoms with Crippen LogP contribution in [0.1, 0.15) is 11.4 Å². The summed E-state index contributed by atoms with van der Waals surface area (Å²) in [7, 11) is 1.83. The summed E-state index contributed by atoms with van der Waals surface area (Å²) in [5.74, 6) is 0.586. The van der Waals surface area contributed by atoms with E-state index in [4.69, 9.17) is 28.5 Å². The molecule has 18 heavy (non-hydrogen) atoms. The molecule has 5 nitrogen and oxygen atoms in total. The molecule has 0 spiro atoms. The molecule has 0 atom stereocenters. The molecule has 0 saturated carbocycles. The molecule has 0 saturated heterocycles. The second-order valence-electron chi connectivity index (χ2n) is 3.60. The van der Waals surface area contributed by atoms with E-state index in [0.29, 0.717) is 22.5 Å². The highest BCUT2D eigenvalue weighted by molar-refractivity contribution is 6.41. The van der Waals surface area contributed by atoms with Gasteiger partial charge in [-0.05, 0) is 18.2 Å². The first-order chi connectivity index (χ1) is 8.61. The van der Waals surface area contributed by atoms with Crippen LogP contribution in [-0.2, 0) is 13.6 Å². The zero-order valence-electron chi connectivity index (χ0n) is 9.48. The molecule has 0 aliphatic rings. The Morgan fingerprint density at radius 1 is 1.39 bits per heavy atom. The maximum absolute atomic E-state index is 8.60. The van der Waals surface area contributed by atoms with E-state index < -0.39 is 0 Å². The molecule has 0 radical (unpaired) electrons. The second-order valence-corrected chi connectivity index (χ2v) is 4.37. The van der Waals surface area contributed by atoms with Crippen molar-refractivity contribution in [2.45, 2.75) is 6.54 Å². The number of hydrogen-bond acceptors (Lipinski definition) is 4. The number of rotatable bonds is 3. The second kappa shape index (κ2) is 5.25. The summed E-state index contributed by atoms with van der Waals surface area (Å²) in [6.45, 7) is 0.517. The molecule has 2 rings (SSSR count). The number of nitriles is 1. The van der Waals surface area contributed by atoms with Gasteiger partial charge in [0.05, 0.1) is 11.6 Å². The highest BCUT2D eigenvalue weighted by atomic mass is 35.5. The number of halogens is 2. The molecule has 0 fully saturated rings. The van der Waals surface area contributed by atoms with E-state index in [0.717, 1.165) is 5.69 Å². The number of hydrogen-bond donors (Lipinski definition) is 1. The fourth-order valence-corrected chi connectivity index (χ4v) is 1.84. The number of nitrogens with one attached hydrogen (secondary N) is 1. The van der Waals surface area contributed by atoms with Gasteiger partial charge in [0.25, 0.3) is 0 Å².